The van der Waals surface area contributed by atoms with Gasteiger partial charge in [0.2, 0.25) is 0 Å². The van der Waals surface area contributed by atoms with Gasteiger partial charge in [-0.15, -0.1) is 5.10 Å². The molecular weight excluding hydrogens is 218 g/mol. The van der Waals surface area contributed by atoms with Gasteiger partial charge in [0.1, 0.15) is 18.1 Å². The van der Waals surface area contributed by atoms with Gasteiger partial charge in [0.25, 0.3) is 0 Å². The Morgan fingerprint density at radius 3 is 2.94 bits per heavy atom. The number of rotatable bonds is 4. The smallest absolute Gasteiger partial charge is 0.159 e. The Bertz CT molecular complexity index is 534. The lowest BCUT2D eigenvalue weighted by Crippen LogP contribution is -1.98. The van der Waals surface area contributed by atoms with E-state index in [4.69, 9.17) is 4.74 Å². The molecule has 1 heterocycles. The molecule has 0 aliphatic carbocycles. The van der Waals surface area contributed by atoms with Crippen molar-refractivity contribution in [2.24, 2.45) is 7.05 Å². The van der Waals surface area contributed by atoms with E-state index in [1.165, 1.54) is 6.92 Å². The monoisotopic (exact) mass is 231 g/mol. The van der Waals surface area contributed by atoms with Crippen LogP contribution in [0, 0.1) is 0 Å². The van der Waals surface area contributed by atoms with E-state index in [1.807, 2.05) is 6.07 Å². The standard InChI is InChI=1S/C12H13N3O2/c1-9(16)10-4-3-5-12(6-10)17-8-11-7-15(2)14-13-11/h3-7H,8H2,1-2H3. The largest absolute Gasteiger partial charge is 0.487 e. The summed E-state index contributed by atoms with van der Waals surface area (Å²) in [6.07, 6.45) is 1.79. The Labute approximate surface area is 99.0 Å². The molecule has 0 bridgehead atoms. The molecular formula is C12H13N3O2. The van der Waals surface area contributed by atoms with Crippen LogP contribution in [-0.2, 0) is 13.7 Å². The van der Waals surface area contributed by atoms with Crippen LogP contribution in [0.25, 0.3) is 0 Å². The van der Waals surface area contributed by atoms with E-state index < -0.39 is 0 Å². The summed E-state index contributed by atoms with van der Waals surface area (Å²) >= 11 is 0. The summed E-state index contributed by atoms with van der Waals surface area (Å²) in [6.45, 7) is 1.87. The number of benzene rings is 1. The fourth-order valence-corrected chi connectivity index (χ4v) is 1.42. The summed E-state index contributed by atoms with van der Waals surface area (Å²) in [5.41, 5.74) is 1.39. The van der Waals surface area contributed by atoms with Crippen LogP contribution in [0.3, 0.4) is 0 Å². The molecule has 5 heteroatoms. The van der Waals surface area contributed by atoms with Gasteiger partial charge in [0.15, 0.2) is 5.78 Å². The third-order valence-electron chi connectivity index (χ3n) is 2.28. The average molecular weight is 231 g/mol. The minimum atomic E-state index is 0.0231. The van der Waals surface area contributed by atoms with E-state index in [1.54, 1.807) is 36.1 Å². The predicted octanol–water partition coefficient (Wildman–Crippen LogP) is 1.60. The summed E-state index contributed by atoms with van der Waals surface area (Å²) in [7, 11) is 1.80. The average Bonchev–Trinajstić information content (AvgIpc) is 2.73. The molecule has 0 unspecified atom stereocenters. The Hall–Kier alpha value is -2.17. The van der Waals surface area contributed by atoms with Gasteiger partial charge >= 0.3 is 0 Å². The molecule has 0 fully saturated rings. The van der Waals surface area contributed by atoms with E-state index in [2.05, 4.69) is 10.3 Å². The molecule has 5 nitrogen and oxygen atoms in total. The molecule has 0 aliphatic rings. The highest BCUT2D eigenvalue weighted by molar-refractivity contribution is 5.94. The number of Topliss-reactive ketones (excluding diaryl/α,β-unsaturated/α-hetero) is 1. The number of carbonyl (C=O) groups is 1. The molecule has 0 spiro atoms. The lowest BCUT2D eigenvalue weighted by molar-refractivity contribution is 0.101. The lowest BCUT2D eigenvalue weighted by Gasteiger charge is -2.04. The van der Waals surface area contributed by atoms with Crippen molar-refractivity contribution in [1.82, 2.24) is 15.0 Å². The maximum absolute atomic E-state index is 11.2. The number of nitrogens with zero attached hydrogens (tertiary/aromatic N) is 3. The second-order valence-electron chi connectivity index (χ2n) is 3.76. The van der Waals surface area contributed by atoms with Crippen LogP contribution in [0.5, 0.6) is 5.75 Å². The third-order valence-corrected chi connectivity index (χ3v) is 2.28. The van der Waals surface area contributed by atoms with Crippen LogP contribution in [0.15, 0.2) is 30.5 Å². The zero-order chi connectivity index (χ0) is 12.3. The van der Waals surface area contributed by atoms with Gasteiger partial charge in [0.05, 0.1) is 6.20 Å². The van der Waals surface area contributed by atoms with Gasteiger partial charge in [-0.2, -0.15) is 0 Å². The van der Waals surface area contributed by atoms with Crippen LogP contribution in [0.1, 0.15) is 23.0 Å². The number of aromatic nitrogens is 3. The molecule has 2 aromatic rings. The summed E-state index contributed by atoms with van der Waals surface area (Å²) in [5.74, 6) is 0.679. The number of ether oxygens (including phenoxy) is 1. The van der Waals surface area contributed by atoms with Gasteiger partial charge < -0.3 is 4.74 Å². The minimum absolute atomic E-state index is 0.0231. The van der Waals surface area contributed by atoms with Crippen molar-refractivity contribution in [3.63, 3.8) is 0 Å². The number of hydrogen-bond donors (Lipinski definition) is 0. The molecule has 0 aliphatic heterocycles. The van der Waals surface area contributed by atoms with E-state index >= 15 is 0 Å². The first-order valence-corrected chi connectivity index (χ1v) is 5.24. The van der Waals surface area contributed by atoms with Crippen LogP contribution < -0.4 is 4.74 Å². The SMILES string of the molecule is CC(=O)c1cccc(OCc2cn(C)nn2)c1. The second-order valence-corrected chi connectivity index (χ2v) is 3.76. The molecule has 0 saturated carbocycles. The molecule has 0 atom stereocenters. The van der Waals surface area contributed by atoms with Crippen molar-refractivity contribution >= 4 is 5.78 Å². The van der Waals surface area contributed by atoms with Crippen molar-refractivity contribution < 1.29 is 9.53 Å². The molecule has 17 heavy (non-hydrogen) atoms. The lowest BCUT2D eigenvalue weighted by atomic mass is 10.1. The zero-order valence-corrected chi connectivity index (χ0v) is 9.75. The Morgan fingerprint density at radius 2 is 2.29 bits per heavy atom. The van der Waals surface area contributed by atoms with Crippen molar-refractivity contribution in [2.75, 3.05) is 0 Å². The van der Waals surface area contributed by atoms with Crippen molar-refractivity contribution in [3.05, 3.63) is 41.7 Å². The summed E-state index contributed by atoms with van der Waals surface area (Å²) in [5, 5.41) is 7.72. The molecule has 0 amide bonds. The molecule has 1 aromatic carbocycles. The van der Waals surface area contributed by atoms with Crippen LogP contribution in [0.4, 0.5) is 0 Å². The molecule has 1 aromatic heterocycles. The summed E-state index contributed by atoms with van der Waals surface area (Å²) in [6, 6.07) is 7.09. The first-order chi connectivity index (χ1) is 8.15. The molecule has 0 saturated heterocycles. The number of carbonyl (C=O) groups excluding carboxylic acids is 1. The third kappa shape index (κ3) is 2.90. The number of ketones is 1. The van der Waals surface area contributed by atoms with Gasteiger partial charge in [-0.05, 0) is 19.1 Å². The Balaban J connectivity index is 2.04. The topological polar surface area (TPSA) is 57.0 Å². The van der Waals surface area contributed by atoms with E-state index in [0.717, 1.165) is 5.69 Å². The first kappa shape index (κ1) is 11.3. The van der Waals surface area contributed by atoms with Gasteiger partial charge in [-0.25, -0.2) is 0 Å². The number of hydrogen-bond acceptors (Lipinski definition) is 4. The maximum atomic E-state index is 11.2. The van der Waals surface area contributed by atoms with Crippen LogP contribution >= 0.6 is 0 Å². The summed E-state index contributed by atoms with van der Waals surface area (Å²) in [4.78, 5) is 11.2. The molecule has 0 radical (unpaired) electrons. The van der Waals surface area contributed by atoms with Crippen molar-refractivity contribution in [3.8, 4) is 5.75 Å². The normalized spacial score (nSPS) is 10.2. The van der Waals surface area contributed by atoms with Crippen LogP contribution in [0.2, 0.25) is 0 Å². The highest BCUT2D eigenvalue weighted by Crippen LogP contribution is 2.14. The molecule has 0 N–H and O–H groups in total. The van der Waals surface area contributed by atoms with Crippen molar-refractivity contribution in [1.29, 1.82) is 0 Å². The fourth-order valence-electron chi connectivity index (χ4n) is 1.42. The molecule has 88 valence electrons. The van der Waals surface area contributed by atoms with Crippen LogP contribution in [-0.4, -0.2) is 20.8 Å². The highest BCUT2D eigenvalue weighted by Gasteiger charge is 2.03. The van der Waals surface area contributed by atoms with Gasteiger partial charge in [-0.1, -0.05) is 17.3 Å². The fraction of sp³-hybridized carbons (Fsp3) is 0.250. The first-order valence-electron chi connectivity index (χ1n) is 5.24. The van der Waals surface area contributed by atoms with E-state index in [9.17, 15) is 4.79 Å². The van der Waals surface area contributed by atoms with Gasteiger partial charge in [-0.3, -0.25) is 9.48 Å². The van der Waals surface area contributed by atoms with Crippen molar-refractivity contribution in [2.45, 2.75) is 13.5 Å². The predicted molar refractivity (Wildman–Crippen MR) is 61.8 cm³/mol. The van der Waals surface area contributed by atoms with E-state index in [0.29, 0.717) is 17.9 Å². The quantitative estimate of drug-likeness (QED) is 0.750. The summed E-state index contributed by atoms with van der Waals surface area (Å²) < 4.78 is 7.14. The Kier molecular flexibility index (Phi) is 3.18. The number of aryl methyl sites for hydroxylation is 1. The molecule has 2 rings (SSSR count). The maximum Gasteiger partial charge on any atom is 0.159 e. The highest BCUT2D eigenvalue weighted by atomic mass is 16.5. The van der Waals surface area contributed by atoms with Gasteiger partial charge in [0, 0.05) is 12.6 Å². The van der Waals surface area contributed by atoms with E-state index in [-0.39, 0.29) is 5.78 Å². The zero-order valence-electron chi connectivity index (χ0n) is 9.75. The Morgan fingerprint density at radius 1 is 1.47 bits per heavy atom. The minimum Gasteiger partial charge on any atom is -0.487 e. The second kappa shape index (κ2) is 4.78.